The predicted molar refractivity (Wildman–Crippen MR) is 96.7 cm³/mol. The van der Waals surface area contributed by atoms with Crippen molar-refractivity contribution in [2.45, 2.75) is 26.7 Å². The molecule has 8 nitrogen and oxygen atoms in total. The molecule has 4 heterocycles. The van der Waals surface area contributed by atoms with Crippen LogP contribution < -0.4 is 0 Å². The third kappa shape index (κ3) is 3.42. The molecular formula is C19H20N6O2. The Hall–Kier alpha value is -3.16. The number of nitrogens with zero attached hydrogens (tertiary/aromatic N) is 6. The molecule has 0 aliphatic carbocycles. The SMILES string of the molecule is Cc1noc(C)c1-c1nccnc1C[C@@H]1CCN(C(=O)c2ccnnc2)C1. The summed E-state index contributed by atoms with van der Waals surface area (Å²) >= 11 is 0. The van der Waals surface area contributed by atoms with E-state index in [-0.39, 0.29) is 5.91 Å². The summed E-state index contributed by atoms with van der Waals surface area (Å²) in [6.07, 6.45) is 8.13. The Labute approximate surface area is 156 Å². The summed E-state index contributed by atoms with van der Waals surface area (Å²) in [4.78, 5) is 23.5. The molecule has 1 fully saturated rings. The van der Waals surface area contributed by atoms with E-state index in [2.05, 4.69) is 25.3 Å². The third-order valence-electron chi connectivity index (χ3n) is 4.93. The summed E-state index contributed by atoms with van der Waals surface area (Å²) in [7, 11) is 0. The number of likely N-dealkylation sites (tertiary alicyclic amines) is 1. The minimum Gasteiger partial charge on any atom is -0.361 e. The van der Waals surface area contributed by atoms with Gasteiger partial charge in [-0.15, -0.1) is 0 Å². The summed E-state index contributed by atoms with van der Waals surface area (Å²) in [5.74, 6) is 1.07. The van der Waals surface area contributed by atoms with Gasteiger partial charge in [0.25, 0.3) is 5.91 Å². The Morgan fingerprint density at radius 3 is 2.81 bits per heavy atom. The highest BCUT2D eigenvalue weighted by atomic mass is 16.5. The molecule has 0 N–H and O–H groups in total. The van der Waals surface area contributed by atoms with E-state index in [0.717, 1.165) is 47.8 Å². The molecule has 1 aliphatic heterocycles. The lowest BCUT2D eigenvalue weighted by atomic mass is 9.98. The van der Waals surface area contributed by atoms with Gasteiger partial charge in [-0.3, -0.25) is 14.8 Å². The number of hydrogen-bond donors (Lipinski definition) is 0. The minimum absolute atomic E-state index is 0.00232. The molecule has 1 saturated heterocycles. The lowest BCUT2D eigenvalue weighted by molar-refractivity contribution is 0.0786. The van der Waals surface area contributed by atoms with Gasteiger partial charge in [-0.05, 0) is 38.7 Å². The van der Waals surface area contributed by atoms with Gasteiger partial charge < -0.3 is 9.42 Å². The van der Waals surface area contributed by atoms with Gasteiger partial charge in [0.05, 0.1) is 40.6 Å². The van der Waals surface area contributed by atoms with Crippen molar-refractivity contribution in [2.24, 2.45) is 5.92 Å². The molecule has 3 aromatic rings. The predicted octanol–water partition coefficient (Wildman–Crippen LogP) is 2.24. The Morgan fingerprint density at radius 2 is 2.07 bits per heavy atom. The van der Waals surface area contributed by atoms with Gasteiger partial charge in [-0.2, -0.15) is 10.2 Å². The number of rotatable bonds is 4. The van der Waals surface area contributed by atoms with Gasteiger partial charge >= 0.3 is 0 Å². The molecule has 0 radical (unpaired) electrons. The van der Waals surface area contributed by atoms with E-state index in [1.165, 1.54) is 12.4 Å². The lowest BCUT2D eigenvalue weighted by Gasteiger charge is -2.16. The number of aromatic nitrogens is 5. The summed E-state index contributed by atoms with van der Waals surface area (Å²) < 4.78 is 5.29. The van der Waals surface area contributed by atoms with E-state index in [0.29, 0.717) is 18.0 Å². The molecule has 27 heavy (non-hydrogen) atoms. The van der Waals surface area contributed by atoms with Gasteiger partial charge in [-0.1, -0.05) is 5.16 Å². The summed E-state index contributed by atoms with van der Waals surface area (Å²) in [5, 5.41) is 11.5. The second-order valence-electron chi connectivity index (χ2n) is 6.79. The fraction of sp³-hybridized carbons (Fsp3) is 0.368. The molecule has 1 amide bonds. The van der Waals surface area contributed by atoms with Gasteiger partial charge in [-0.25, -0.2) is 0 Å². The van der Waals surface area contributed by atoms with Crippen LogP contribution in [0.2, 0.25) is 0 Å². The van der Waals surface area contributed by atoms with Crippen LogP contribution >= 0.6 is 0 Å². The van der Waals surface area contributed by atoms with Gasteiger partial charge in [0.1, 0.15) is 5.76 Å². The first-order valence-corrected chi connectivity index (χ1v) is 8.92. The van der Waals surface area contributed by atoms with Crippen molar-refractivity contribution in [3.63, 3.8) is 0 Å². The number of carbonyl (C=O) groups excluding carboxylic acids is 1. The van der Waals surface area contributed by atoms with Gasteiger partial charge in [0, 0.05) is 25.5 Å². The summed E-state index contributed by atoms with van der Waals surface area (Å²) in [6, 6.07) is 1.70. The summed E-state index contributed by atoms with van der Waals surface area (Å²) in [5.41, 5.74) is 4.02. The Bertz CT molecular complexity index is 936. The molecule has 4 rings (SSSR count). The lowest BCUT2D eigenvalue weighted by Crippen LogP contribution is -2.29. The summed E-state index contributed by atoms with van der Waals surface area (Å²) in [6.45, 7) is 5.21. The zero-order valence-electron chi connectivity index (χ0n) is 15.3. The number of carbonyl (C=O) groups is 1. The zero-order valence-corrected chi connectivity index (χ0v) is 15.3. The van der Waals surface area contributed by atoms with Crippen molar-refractivity contribution >= 4 is 5.91 Å². The highest BCUT2D eigenvalue weighted by Gasteiger charge is 2.29. The molecule has 1 aliphatic rings. The maximum absolute atomic E-state index is 12.6. The van der Waals surface area contributed by atoms with Gasteiger partial charge in [0.2, 0.25) is 0 Å². The average Bonchev–Trinajstić information content (AvgIpc) is 3.29. The number of amides is 1. The fourth-order valence-electron chi connectivity index (χ4n) is 3.60. The van der Waals surface area contributed by atoms with Crippen LogP contribution in [0.5, 0.6) is 0 Å². The molecule has 1 atom stereocenters. The first-order chi connectivity index (χ1) is 13.1. The van der Waals surface area contributed by atoms with E-state index in [4.69, 9.17) is 4.52 Å². The van der Waals surface area contributed by atoms with Crippen LogP contribution in [0.3, 0.4) is 0 Å². The molecule has 3 aromatic heterocycles. The fourth-order valence-corrected chi connectivity index (χ4v) is 3.60. The topological polar surface area (TPSA) is 97.9 Å². The van der Waals surface area contributed by atoms with Crippen LogP contribution in [0, 0.1) is 19.8 Å². The van der Waals surface area contributed by atoms with Crippen molar-refractivity contribution in [1.82, 2.24) is 30.2 Å². The van der Waals surface area contributed by atoms with E-state index >= 15 is 0 Å². The standard InChI is InChI=1S/C19H20N6O2/c1-12-17(13(2)27-24-12)18-16(20-6-7-21-18)9-14-4-8-25(11-14)19(26)15-3-5-22-23-10-15/h3,5-7,10,14H,4,8-9,11H2,1-2H3/t14-/m0/s1. The van der Waals surface area contributed by atoms with E-state index < -0.39 is 0 Å². The molecule has 0 bridgehead atoms. The van der Waals surface area contributed by atoms with E-state index in [1.54, 1.807) is 18.5 Å². The van der Waals surface area contributed by atoms with Crippen LogP contribution in [0.4, 0.5) is 0 Å². The van der Waals surface area contributed by atoms with Crippen molar-refractivity contribution in [3.05, 3.63) is 53.6 Å². The highest BCUT2D eigenvalue weighted by Crippen LogP contribution is 2.30. The average molecular weight is 364 g/mol. The van der Waals surface area contributed by atoms with Crippen LogP contribution in [-0.4, -0.2) is 49.2 Å². The van der Waals surface area contributed by atoms with Crippen LogP contribution in [0.25, 0.3) is 11.3 Å². The molecule has 0 aromatic carbocycles. The first kappa shape index (κ1) is 17.3. The zero-order chi connectivity index (χ0) is 18.8. The maximum Gasteiger partial charge on any atom is 0.255 e. The molecule has 138 valence electrons. The third-order valence-corrected chi connectivity index (χ3v) is 4.93. The van der Waals surface area contributed by atoms with Crippen molar-refractivity contribution in [3.8, 4) is 11.3 Å². The van der Waals surface area contributed by atoms with E-state index in [1.807, 2.05) is 18.7 Å². The molecule has 0 unspecified atom stereocenters. The Balaban J connectivity index is 1.51. The first-order valence-electron chi connectivity index (χ1n) is 8.92. The maximum atomic E-state index is 12.6. The normalized spacial score (nSPS) is 16.7. The van der Waals surface area contributed by atoms with Crippen molar-refractivity contribution in [1.29, 1.82) is 0 Å². The number of hydrogen-bond acceptors (Lipinski definition) is 7. The Kier molecular flexibility index (Phi) is 4.62. The quantitative estimate of drug-likeness (QED) is 0.700. The smallest absolute Gasteiger partial charge is 0.255 e. The highest BCUT2D eigenvalue weighted by molar-refractivity contribution is 5.93. The second kappa shape index (κ2) is 7.22. The van der Waals surface area contributed by atoms with Crippen LogP contribution in [-0.2, 0) is 6.42 Å². The molecular weight excluding hydrogens is 344 g/mol. The van der Waals surface area contributed by atoms with Crippen LogP contribution in [0.1, 0.15) is 33.9 Å². The van der Waals surface area contributed by atoms with E-state index in [9.17, 15) is 4.79 Å². The molecule has 0 spiro atoms. The molecule has 0 saturated carbocycles. The molecule has 8 heteroatoms. The Morgan fingerprint density at radius 1 is 1.22 bits per heavy atom. The number of aryl methyl sites for hydroxylation is 2. The largest absolute Gasteiger partial charge is 0.361 e. The minimum atomic E-state index is -0.00232. The monoisotopic (exact) mass is 364 g/mol. The van der Waals surface area contributed by atoms with Crippen molar-refractivity contribution in [2.75, 3.05) is 13.1 Å². The van der Waals surface area contributed by atoms with Gasteiger partial charge in [0.15, 0.2) is 0 Å². The van der Waals surface area contributed by atoms with Crippen LogP contribution in [0.15, 0.2) is 35.4 Å². The second-order valence-corrected chi connectivity index (χ2v) is 6.79. The van der Waals surface area contributed by atoms with Crippen molar-refractivity contribution < 1.29 is 9.32 Å².